The molecule has 2 N–H and O–H groups in total. The van der Waals surface area contributed by atoms with Crippen molar-refractivity contribution in [1.82, 2.24) is 10.6 Å². The maximum absolute atomic E-state index is 5.56. The Morgan fingerprint density at radius 2 is 1.91 bits per heavy atom. The minimum Gasteiger partial charge on any atom is -0.379 e. The van der Waals surface area contributed by atoms with Crippen LogP contribution in [0.2, 0.25) is 0 Å². The van der Waals surface area contributed by atoms with Crippen molar-refractivity contribution in [2.75, 3.05) is 45.8 Å². The first kappa shape index (κ1) is 20.6. The number of guanidine groups is 1. The number of unbranched alkanes of at least 4 members (excludes halogenated alkanes) is 1. The average Bonchev–Trinajstić information content (AvgIpc) is 3.01. The molecule has 2 unspecified atom stereocenters. The second kappa shape index (κ2) is 13.9. The van der Waals surface area contributed by atoms with Crippen LogP contribution in [0, 0.1) is 0 Å². The van der Waals surface area contributed by atoms with E-state index in [2.05, 4.69) is 35.7 Å². The quantitative estimate of drug-likeness (QED) is 0.323. The SMILES string of the molecule is CCCCOCCOCCN=C(NCC)NC1CCC(SC)C1. The highest BCUT2D eigenvalue weighted by atomic mass is 32.2. The Kier molecular flexibility index (Phi) is 12.5. The molecule has 0 aromatic carbocycles. The maximum atomic E-state index is 5.56. The summed E-state index contributed by atoms with van der Waals surface area (Å²) in [6.45, 7) is 8.65. The van der Waals surface area contributed by atoms with E-state index in [9.17, 15) is 0 Å². The molecule has 1 fully saturated rings. The van der Waals surface area contributed by atoms with Gasteiger partial charge in [-0.1, -0.05) is 13.3 Å². The largest absolute Gasteiger partial charge is 0.379 e. The fraction of sp³-hybridized carbons (Fsp3) is 0.941. The van der Waals surface area contributed by atoms with Crippen molar-refractivity contribution < 1.29 is 9.47 Å². The highest BCUT2D eigenvalue weighted by Gasteiger charge is 2.24. The molecule has 0 aromatic heterocycles. The van der Waals surface area contributed by atoms with Crippen molar-refractivity contribution >= 4 is 17.7 Å². The Balaban J connectivity index is 2.12. The zero-order chi connectivity index (χ0) is 16.8. The first-order valence-corrected chi connectivity index (χ1v) is 10.3. The molecule has 0 spiro atoms. The first-order valence-electron chi connectivity index (χ1n) is 9.03. The van der Waals surface area contributed by atoms with Gasteiger partial charge in [0.05, 0.1) is 26.4 Å². The molecule has 1 aliphatic rings. The van der Waals surface area contributed by atoms with E-state index in [-0.39, 0.29) is 0 Å². The zero-order valence-corrected chi connectivity index (χ0v) is 15.9. The second-order valence-corrected chi connectivity index (χ2v) is 6.99. The molecule has 6 heteroatoms. The lowest BCUT2D eigenvalue weighted by atomic mass is 10.2. The summed E-state index contributed by atoms with van der Waals surface area (Å²) in [6, 6.07) is 0.554. The number of thioether (sulfide) groups is 1. The molecule has 0 aliphatic heterocycles. The monoisotopic (exact) mass is 345 g/mol. The van der Waals surface area contributed by atoms with Gasteiger partial charge in [0.25, 0.3) is 0 Å². The normalized spacial score (nSPS) is 21.6. The van der Waals surface area contributed by atoms with Gasteiger partial charge in [0.1, 0.15) is 0 Å². The van der Waals surface area contributed by atoms with E-state index in [4.69, 9.17) is 9.47 Å². The van der Waals surface area contributed by atoms with Crippen molar-refractivity contribution in [3.05, 3.63) is 0 Å². The number of ether oxygens (including phenoxy) is 2. The molecule has 1 saturated carbocycles. The molecule has 0 heterocycles. The van der Waals surface area contributed by atoms with Gasteiger partial charge in [0.15, 0.2) is 5.96 Å². The van der Waals surface area contributed by atoms with E-state index in [0.717, 1.165) is 30.8 Å². The zero-order valence-electron chi connectivity index (χ0n) is 15.1. The molecule has 1 aliphatic carbocycles. The van der Waals surface area contributed by atoms with Crippen LogP contribution in [0.5, 0.6) is 0 Å². The van der Waals surface area contributed by atoms with Crippen LogP contribution in [-0.2, 0) is 9.47 Å². The number of hydrogen-bond acceptors (Lipinski definition) is 4. The van der Waals surface area contributed by atoms with E-state index in [1.807, 2.05) is 11.8 Å². The summed E-state index contributed by atoms with van der Waals surface area (Å²) in [6.07, 6.45) is 8.28. The molecule has 0 radical (unpaired) electrons. The van der Waals surface area contributed by atoms with Gasteiger partial charge in [-0.15, -0.1) is 0 Å². The van der Waals surface area contributed by atoms with Crippen LogP contribution in [0.1, 0.15) is 46.0 Å². The Morgan fingerprint density at radius 3 is 2.57 bits per heavy atom. The van der Waals surface area contributed by atoms with E-state index in [1.54, 1.807) is 0 Å². The van der Waals surface area contributed by atoms with Crippen molar-refractivity contribution in [2.45, 2.75) is 57.2 Å². The second-order valence-electron chi connectivity index (χ2n) is 5.85. The van der Waals surface area contributed by atoms with Crippen molar-refractivity contribution in [2.24, 2.45) is 4.99 Å². The molecule has 23 heavy (non-hydrogen) atoms. The first-order chi connectivity index (χ1) is 11.3. The average molecular weight is 346 g/mol. The molecular weight excluding hydrogens is 310 g/mol. The van der Waals surface area contributed by atoms with Crippen molar-refractivity contribution in [3.63, 3.8) is 0 Å². The van der Waals surface area contributed by atoms with Crippen LogP contribution in [0.3, 0.4) is 0 Å². The van der Waals surface area contributed by atoms with Crippen molar-refractivity contribution in [3.8, 4) is 0 Å². The Hall–Kier alpha value is -0.460. The van der Waals surface area contributed by atoms with Gasteiger partial charge in [-0.2, -0.15) is 11.8 Å². The maximum Gasteiger partial charge on any atom is 0.191 e. The standard InChI is InChI=1S/C17H35N3O2S/c1-4-6-10-21-12-13-22-11-9-19-17(18-5-2)20-15-7-8-16(14-15)23-3/h15-16H,4-14H2,1-3H3,(H2,18,19,20). The molecular formula is C17H35N3O2S. The van der Waals surface area contributed by atoms with Crippen LogP contribution in [0.15, 0.2) is 4.99 Å². The Labute approximate surface area is 146 Å². The van der Waals surface area contributed by atoms with E-state index in [1.165, 1.54) is 25.7 Å². The van der Waals surface area contributed by atoms with Gasteiger partial charge in [-0.05, 0) is 38.9 Å². The van der Waals surface area contributed by atoms with Crippen LogP contribution in [-0.4, -0.2) is 63.0 Å². The molecule has 2 atom stereocenters. The number of nitrogens with zero attached hydrogens (tertiary/aromatic N) is 1. The van der Waals surface area contributed by atoms with Crippen LogP contribution in [0.4, 0.5) is 0 Å². The lowest BCUT2D eigenvalue weighted by molar-refractivity contribution is 0.0497. The number of hydrogen-bond donors (Lipinski definition) is 2. The molecule has 5 nitrogen and oxygen atoms in total. The van der Waals surface area contributed by atoms with Crippen LogP contribution >= 0.6 is 11.8 Å². The van der Waals surface area contributed by atoms with Gasteiger partial charge in [0.2, 0.25) is 0 Å². The summed E-state index contributed by atoms with van der Waals surface area (Å²) >= 11 is 1.98. The van der Waals surface area contributed by atoms with Gasteiger partial charge in [0, 0.05) is 24.4 Å². The lowest BCUT2D eigenvalue weighted by Crippen LogP contribution is -2.42. The van der Waals surface area contributed by atoms with Gasteiger partial charge in [-0.3, -0.25) is 4.99 Å². The summed E-state index contributed by atoms with van der Waals surface area (Å²) in [5.74, 6) is 0.919. The molecule has 0 bridgehead atoms. The summed E-state index contributed by atoms with van der Waals surface area (Å²) in [7, 11) is 0. The third kappa shape index (κ3) is 10.1. The van der Waals surface area contributed by atoms with Crippen LogP contribution < -0.4 is 10.6 Å². The topological polar surface area (TPSA) is 54.9 Å². The summed E-state index contributed by atoms with van der Waals surface area (Å²) in [5, 5.41) is 7.67. The number of aliphatic imine (C=N–C) groups is 1. The van der Waals surface area contributed by atoms with Crippen LogP contribution in [0.25, 0.3) is 0 Å². The number of rotatable bonds is 12. The predicted octanol–water partition coefficient (Wildman–Crippen LogP) is 2.66. The molecule has 0 amide bonds. The van der Waals surface area contributed by atoms with E-state index >= 15 is 0 Å². The van der Waals surface area contributed by atoms with E-state index < -0.39 is 0 Å². The fourth-order valence-corrected chi connectivity index (χ4v) is 3.39. The minimum absolute atomic E-state index is 0.554. The summed E-state index contributed by atoms with van der Waals surface area (Å²) in [5.41, 5.74) is 0. The highest BCUT2D eigenvalue weighted by Crippen LogP contribution is 2.27. The van der Waals surface area contributed by atoms with Gasteiger partial charge >= 0.3 is 0 Å². The third-order valence-electron chi connectivity index (χ3n) is 3.92. The van der Waals surface area contributed by atoms with Gasteiger partial charge in [-0.25, -0.2) is 0 Å². The Morgan fingerprint density at radius 1 is 1.13 bits per heavy atom. The lowest BCUT2D eigenvalue weighted by Gasteiger charge is -2.17. The van der Waals surface area contributed by atoms with Gasteiger partial charge < -0.3 is 20.1 Å². The molecule has 136 valence electrons. The van der Waals surface area contributed by atoms with E-state index in [0.29, 0.717) is 32.4 Å². The Bertz CT molecular complexity index is 316. The molecule has 0 saturated heterocycles. The smallest absolute Gasteiger partial charge is 0.191 e. The summed E-state index contributed by atoms with van der Waals surface area (Å²) in [4.78, 5) is 4.60. The molecule has 1 rings (SSSR count). The molecule has 0 aromatic rings. The van der Waals surface area contributed by atoms with Crippen molar-refractivity contribution in [1.29, 1.82) is 0 Å². The predicted molar refractivity (Wildman–Crippen MR) is 101 cm³/mol. The number of nitrogens with one attached hydrogen (secondary N) is 2. The third-order valence-corrected chi connectivity index (χ3v) is 5.02. The minimum atomic E-state index is 0.554. The fourth-order valence-electron chi connectivity index (χ4n) is 2.59. The summed E-state index contributed by atoms with van der Waals surface area (Å²) < 4.78 is 11.0. The highest BCUT2D eigenvalue weighted by molar-refractivity contribution is 7.99.